The Labute approximate surface area is 101 Å². The lowest BCUT2D eigenvalue weighted by atomic mass is 9.89. The summed E-state index contributed by atoms with van der Waals surface area (Å²) in [4.78, 5) is 0. The van der Waals surface area contributed by atoms with E-state index in [1.165, 1.54) is 6.07 Å². The minimum atomic E-state index is 0.101. The van der Waals surface area contributed by atoms with Gasteiger partial charge in [0.05, 0.1) is 0 Å². The molecular formula is C15H16O2. The maximum Gasteiger partial charge on any atom is 0.123 e. The van der Waals surface area contributed by atoms with Gasteiger partial charge in [-0.05, 0) is 24.1 Å². The number of rotatable bonds is 2. The Kier molecular flexibility index (Phi) is 3.05. The van der Waals surface area contributed by atoms with Crippen LogP contribution in [0.5, 0.6) is 11.5 Å². The van der Waals surface area contributed by atoms with Crippen molar-refractivity contribution < 1.29 is 10.2 Å². The van der Waals surface area contributed by atoms with Crippen LogP contribution in [-0.2, 0) is 0 Å². The fourth-order valence-electron chi connectivity index (χ4n) is 2.23. The second kappa shape index (κ2) is 4.50. The van der Waals surface area contributed by atoms with Crippen LogP contribution in [0.25, 0.3) is 0 Å². The van der Waals surface area contributed by atoms with Crippen LogP contribution < -0.4 is 0 Å². The molecule has 0 saturated carbocycles. The summed E-state index contributed by atoms with van der Waals surface area (Å²) in [5, 5.41) is 19.4. The van der Waals surface area contributed by atoms with E-state index >= 15 is 0 Å². The van der Waals surface area contributed by atoms with Crippen molar-refractivity contribution in [1.82, 2.24) is 0 Å². The summed E-state index contributed by atoms with van der Waals surface area (Å²) < 4.78 is 0. The Hall–Kier alpha value is -1.96. The van der Waals surface area contributed by atoms with Gasteiger partial charge in [0.15, 0.2) is 0 Å². The third-order valence-corrected chi connectivity index (χ3v) is 3.08. The molecule has 2 aromatic carbocycles. The predicted octanol–water partition coefficient (Wildman–Crippen LogP) is 3.56. The van der Waals surface area contributed by atoms with Gasteiger partial charge in [0.25, 0.3) is 0 Å². The molecular weight excluding hydrogens is 212 g/mol. The highest BCUT2D eigenvalue weighted by Gasteiger charge is 2.15. The highest BCUT2D eigenvalue weighted by molar-refractivity contribution is 5.49. The van der Waals surface area contributed by atoms with Crippen LogP contribution in [0.1, 0.15) is 29.5 Å². The zero-order valence-electron chi connectivity index (χ0n) is 10.0. The van der Waals surface area contributed by atoms with E-state index in [4.69, 9.17) is 0 Å². The highest BCUT2D eigenvalue weighted by Crippen LogP contribution is 2.35. The van der Waals surface area contributed by atoms with Gasteiger partial charge in [0.2, 0.25) is 0 Å². The minimum absolute atomic E-state index is 0.101. The molecule has 2 nitrogen and oxygen atoms in total. The third-order valence-electron chi connectivity index (χ3n) is 3.08. The van der Waals surface area contributed by atoms with E-state index in [2.05, 4.69) is 6.92 Å². The molecule has 2 rings (SSSR count). The first kappa shape index (κ1) is 11.5. The highest BCUT2D eigenvalue weighted by atomic mass is 16.3. The molecule has 2 N–H and O–H groups in total. The van der Waals surface area contributed by atoms with E-state index in [1.807, 2.05) is 37.3 Å². The Balaban J connectivity index is 2.48. The molecule has 0 aliphatic rings. The van der Waals surface area contributed by atoms with Crippen molar-refractivity contribution in [1.29, 1.82) is 0 Å². The van der Waals surface area contributed by atoms with Gasteiger partial charge >= 0.3 is 0 Å². The number of hydrogen-bond donors (Lipinski definition) is 2. The van der Waals surface area contributed by atoms with E-state index < -0.39 is 0 Å². The second-order valence-corrected chi connectivity index (χ2v) is 4.33. The maximum atomic E-state index is 9.94. The van der Waals surface area contributed by atoms with Crippen LogP contribution in [0.3, 0.4) is 0 Å². The number of hydrogen-bond acceptors (Lipinski definition) is 2. The SMILES string of the molecule is Cc1cc(O)cc(O)c1C(C)c1ccccc1. The molecule has 88 valence electrons. The molecule has 0 aliphatic carbocycles. The Morgan fingerprint density at radius 1 is 1.00 bits per heavy atom. The van der Waals surface area contributed by atoms with E-state index in [1.54, 1.807) is 6.07 Å². The third kappa shape index (κ3) is 2.26. The van der Waals surface area contributed by atoms with Gasteiger partial charge in [-0.2, -0.15) is 0 Å². The maximum absolute atomic E-state index is 9.94. The monoisotopic (exact) mass is 228 g/mol. The van der Waals surface area contributed by atoms with Gasteiger partial charge in [-0.15, -0.1) is 0 Å². The summed E-state index contributed by atoms with van der Waals surface area (Å²) in [5.74, 6) is 0.361. The summed E-state index contributed by atoms with van der Waals surface area (Å²) in [6.45, 7) is 3.95. The zero-order chi connectivity index (χ0) is 12.4. The fourth-order valence-corrected chi connectivity index (χ4v) is 2.23. The van der Waals surface area contributed by atoms with Gasteiger partial charge < -0.3 is 10.2 Å². The quantitative estimate of drug-likeness (QED) is 0.825. The molecule has 0 radical (unpaired) electrons. The van der Waals surface area contributed by atoms with E-state index in [-0.39, 0.29) is 17.4 Å². The Morgan fingerprint density at radius 2 is 1.65 bits per heavy atom. The average molecular weight is 228 g/mol. The van der Waals surface area contributed by atoms with Crippen LogP contribution in [0, 0.1) is 6.92 Å². The van der Waals surface area contributed by atoms with E-state index in [0.717, 1.165) is 16.7 Å². The Bertz CT molecular complexity index is 495. The van der Waals surface area contributed by atoms with Crippen LogP contribution in [0.2, 0.25) is 0 Å². The van der Waals surface area contributed by atoms with Gasteiger partial charge in [-0.3, -0.25) is 0 Å². The number of phenolic OH excluding ortho intramolecular Hbond substituents is 2. The Morgan fingerprint density at radius 3 is 2.24 bits per heavy atom. The molecule has 1 atom stereocenters. The molecule has 2 aromatic rings. The van der Waals surface area contributed by atoms with Crippen molar-refractivity contribution in [2.24, 2.45) is 0 Å². The van der Waals surface area contributed by atoms with Crippen molar-refractivity contribution in [3.8, 4) is 11.5 Å². The van der Waals surface area contributed by atoms with Crippen molar-refractivity contribution in [2.45, 2.75) is 19.8 Å². The number of benzene rings is 2. The molecule has 0 fully saturated rings. The summed E-state index contributed by atoms with van der Waals surface area (Å²) in [6.07, 6.45) is 0. The van der Waals surface area contributed by atoms with Crippen molar-refractivity contribution in [3.63, 3.8) is 0 Å². The molecule has 0 heterocycles. The molecule has 0 amide bonds. The van der Waals surface area contributed by atoms with Crippen molar-refractivity contribution >= 4 is 0 Å². The smallest absolute Gasteiger partial charge is 0.123 e. The first-order valence-electron chi connectivity index (χ1n) is 5.67. The minimum Gasteiger partial charge on any atom is -0.508 e. The lowest BCUT2D eigenvalue weighted by Crippen LogP contribution is -1.99. The van der Waals surface area contributed by atoms with E-state index in [9.17, 15) is 10.2 Å². The molecule has 17 heavy (non-hydrogen) atoms. The fraction of sp³-hybridized carbons (Fsp3) is 0.200. The molecule has 2 heteroatoms. The molecule has 0 aromatic heterocycles. The molecule has 0 spiro atoms. The number of aromatic hydroxyl groups is 2. The number of aryl methyl sites for hydroxylation is 1. The van der Waals surface area contributed by atoms with Gasteiger partial charge in [0.1, 0.15) is 11.5 Å². The average Bonchev–Trinajstić information content (AvgIpc) is 2.28. The van der Waals surface area contributed by atoms with Crippen LogP contribution in [0.15, 0.2) is 42.5 Å². The van der Waals surface area contributed by atoms with Gasteiger partial charge in [-0.1, -0.05) is 37.3 Å². The normalized spacial score (nSPS) is 12.4. The number of phenols is 2. The molecule has 0 saturated heterocycles. The van der Waals surface area contributed by atoms with Gasteiger partial charge in [-0.25, -0.2) is 0 Å². The zero-order valence-corrected chi connectivity index (χ0v) is 10.0. The molecule has 0 bridgehead atoms. The summed E-state index contributed by atoms with van der Waals surface area (Å²) in [7, 11) is 0. The molecule has 1 unspecified atom stereocenters. The predicted molar refractivity (Wildman–Crippen MR) is 68.5 cm³/mol. The lowest BCUT2D eigenvalue weighted by Gasteiger charge is -2.17. The summed E-state index contributed by atoms with van der Waals surface area (Å²) >= 11 is 0. The largest absolute Gasteiger partial charge is 0.508 e. The first-order valence-corrected chi connectivity index (χ1v) is 5.67. The summed E-state index contributed by atoms with van der Waals surface area (Å²) in [6, 6.07) is 13.1. The lowest BCUT2D eigenvalue weighted by molar-refractivity contribution is 0.443. The summed E-state index contributed by atoms with van der Waals surface area (Å²) in [5.41, 5.74) is 2.92. The molecule has 0 aliphatic heterocycles. The first-order chi connectivity index (χ1) is 8.09. The van der Waals surface area contributed by atoms with Crippen LogP contribution in [0.4, 0.5) is 0 Å². The van der Waals surface area contributed by atoms with Crippen molar-refractivity contribution in [2.75, 3.05) is 0 Å². The van der Waals surface area contributed by atoms with Crippen molar-refractivity contribution in [3.05, 3.63) is 59.2 Å². The topological polar surface area (TPSA) is 40.5 Å². The standard InChI is InChI=1S/C15H16O2/c1-10-8-13(16)9-14(17)15(10)11(2)12-6-4-3-5-7-12/h3-9,11,16-17H,1-2H3. The van der Waals surface area contributed by atoms with E-state index in [0.29, 0.717) is 0 Å². The van der Waals surface area contributed by atoms with Gasteiger partial charge in [0, 0.05) is 17.5 Å². The van der Waals surface area contributed by atoms with Crippen LogP contribution in [-0.4, -0.2) is 10.2 Å². The second-order valence-electron chi connectivity index (χ2n) is 4.33. The van der Waals surface area contributed by atoms with Crippen LogP contribution >= 0.6 is 0 Å².